The first kappa shape index (κ1) is 33.0. The van der Waals surface area contributed by atoms with Gasteiger partial charge in [-0.2, -0.15) is 0 Å². The van der Waals surface area contributed by atoms with Crippen molar-refractivity contribution < 1.29 is 24.2 Å². The van der Waals surface area contributed by atoms with Crippen molar-refractivity contribution in [3.8, 4) is 0 Å². The summed E-state index contributed by atoms with van der Waals surface area (Å²) in [5.74, 6) is -0.490. The van der Waals surface area contributed by atoms with Gasteiger partial charge in [0, 0.05) is 58.3 Å². The Morgan fingerprint density at radius 2 is 1.76 bits per heavy atom. The van der Waals surface area contributed by atoms with Crippen LogP contribution in [0.3, 0.4) is 0 Å². The van der Waals surface area contributed by atoms with Crippen LogP contribution in [-0.2, 0) is 34.6 Å². The molecule has 3 aliphatic rings. The van der Waals surface area contributed by atoms with E-state index < -0.39 is 13.9 Å². The van der Waals surface area contributed by atoms with Crippen molar-refractivity contribution in [2.75, 3.05) is 16.4 Å². The molecule has 4 heterocycles. The van der Waals surface area contributed by atoms with E-state index in [0.29, 0.717) is 37.2 Å². The van der Waals surface area contributed by atoms with E-state index in [4.69, 9.17) is 4.74 Å². The minimum atomic E-state index is -2.83. The van der Waals surface area contributed by atoms with Gasteiger partial charge in [0.15, 0.2) is 13.9 Å². The molecule has 3 aliphatic heterocycles. The quantitative estimate of drug-likeness (QED) is 0.166. The summed E-state index contributed by atoms with van der Waals surface area (Å²) in [6.45, 7) is 6.69. The molecule has 0 saturated carbocycles. The SMILES string of the molecule is C[C@H]1[C@H]([Si](C)(C)O)[C@@H](CCn2cc(CCO)nn2)O[C@]12C(=O)N(Cc1ccc(N3C(=O)c4cccc5cccc3c45)cc1)c1ccc(Br)cc12. The van der Waals surface area contributed by atoms with E-state index in [1.807, 2.05) is 105 Å². The highest BCUT2D eigenvalue weighted by Gasteiger charge is 2.66. The number of aryl methyl sites for hydroxylation is 1. The average molecular weight is 753 g/mol. The van der Waals surface area contributed by atoms with Crippen molar-refractivity contribution in [2.24, 2.45) is 5.92 Å². The van der Waals surface area contributed by atoms with E-state index in [1.54, 1.807) is 14.5 Å². The summed E-state index contributed by atoms with van der Waals surface area (Å²) in [6, 6.07) is 25.5. The number of aliphatic hydroxyl groups excluding tert-OH is 1. The van der Waals surface area contributed by atoms with Crippen LogP contribution >= 0.6 is 15.9 Å². The lowest BCUT2D eigenvalue weighted by Crippen LogP contribution is -2.46. The topological polar surface area (TPSA) is 121 Å². The summed E-state index contributed by atoms with van der Waals surface area (Å²) in [4.78, 5) is 43.6. The number of halogens is 1. The molecular weight excluding hydrogens is 714 g/mol. The third-order valence-electron chi connectivity index (χ3n) is 10.6. The Morgan fingerprint density at radius 3 is 2.50 bits per heavy atom. The van der Waals surface area contributed by atoms with Crippen LogP contribution in [-0.4, -0.2) is 57.7 Å². The Kier molecular flexibility index (Phi) is 8.07. The molecule has 2 amide bonds. The van der Waals surface area contributed by atoms with Crippen LogP contribution < -0.4 is 9.80 Å². The molecule has 1 spiro atoms. The summed E-state index contributed by atoms with van der Waals surface area (Å²) in [7, 11) is -2.83. The van der Waals surface area contributed by atoms with E-state index in [0.717, 1.165) is 43.4 Å². The van der Waals surface area contributed by atoms with Gasteiger partial charge in [-0.15, -0.1) is 5.10 Å². The fourth-order valence-electron chi connectivity index (χ4n) is 8.52. The standard InChI is InChI=1S/C38H38BrN5O5Si/c1-23-35(50(2,3)48)33(16-18-42-22-27(17-19-45)40-41-42)49-38(23)30-20-26(39)12-15-31(30)43(37(38)47)21-24-10-13-28(14-11-24)44-32-9-5-7-25-6-4-8-29(34(25)32)36(44)46/h4-15,20,22-23,33,35,45,48H,16-19,21H2,1-3H3/t23-,33+,35-,38+/m0/s1. The van der Waals surface area contributed by atoms with Gasteiger partial charge in [0.2, 0.25) is 0 Å². The lowest BCUT2D eigenvalue weighted by molar-refractivity contribution is -0.146. The highest BCUT2D eigenvalue weighted by Crippen LogP contribution is 2.60. The number of hydrogen-bond donors (Lipinski definition) is 2. The normalized spacial score (nSPS) is 22.8. The van der Waals surface area contributed by atoms with Crippen molar-refractivity contribution in [1.82, 2.24) is 15.0 Å². The fraction of sp³-hybridized carbons (Fsp3) is 0.316. The van der Waals surface area contributed by atoms with Crippen LogP contribution in [0.2, 0.25) is 18.6 Å². The highest BCUT2D eigenvalue weighted by molar-refractivity contribution is 9.10. The summed E-state index contributed by atoms with van der Waals surface area (Å²) in [5, 5.41) is 19.6. The molecule has 10 nitrogen and oxygen atoms in total. The number of carbonyl (C=O) groups is 2. The number of amides is 2. The Labute approximate surface area is 299 Å². The van der Waals surface area contributed by atoms with Crippen LogP contribution in [0.5, 0.6) is 0 Å². The number of carbonyl (C=O) groups excluding carboxylic acids is 2. The molecule has 4 aromatic carbocycles. The first-order chi connectivity index (χ1) is 24.0. The van der Waals surface area contributed by atoms with Gasteiger partial charge in [-0.25, -0.2) is 0 Å². The van der Waals surface area contributed by atoms with Crippen LogP contribution in [0.1, 0.15) is 40.5 Å². The molecule has 0 bridgehead atoms. The highest BCUT2D eigenvalue weighted by atomic mass is 79.9. The first-order valence-electron chi connectivity index (χ1n) is 17.0. The summed E-state index contributed by atoms with van der Waals surface area (Å²) >= 11 is 3.64. The molecule has 5 aromatic rings. The smallest absolute Gasteiger partial charge is 0.264 e. The van der Waals surface area contributed by atoms with Gasteiger partial charge in [-0.3, -0.25) is 19.2 Å². The van der Waals surface area contributed by atoms with Gasteiger partial charge in [-0.1, -0.05) is 64.5 Å². The molecule has 0 aliphatic carbocycles. The molecule has 1 aromatic heterocycles. The predicted octanol–water partition coefficient (Wildman–Crippen LogP) is 6.46. The third kappa shape index (κ3) is 5.15. The van der Waals surface area contributed by atoms with Gasteiger partial charge < -0.3 is 19.5 Å². The van der Waals surface area contributed by atoms with Crippen molar-refractivity contribution in [3.63, 3.8) is 0 Å². The Balaban J connectivity index is 1.09. The first-order valence-corrected chi connectivity index (χ1v) is 20.8. The number of hydrogen-bond acceptors (Lipinski definition) is 7. The molecule has 0 unspecified atom stereocenters. The summed E-state index contributed by atoms with van der Waals surface area (Å²) in [6.07, 6.45) is 2.41. The van der Waals surface area contributed by atoms with Crippen LogP contribution in [0, 0.1) is 5.92 Å². The van der Waals surface area contributed by atoms with E-state index in [9.17, 15) is 19.5 Å². The third-order valence-corrected chi connectivity index (χ3v) is 13.6. The second-order valence-corrected chi connectivity index (χ2v) is 19.0. The maximum atomic E-state index is 14.8. The molecule has 1 saturated heterocycles. The number of ether oxygens (including phenoxy) is 1. The average Bonchev–Trinajstić information content (AvgIpc) is 3.81. The number of benzene rings is 4. The lowest BCUT2D eigenvalue weighted by atomic mass is 9.82. The molecule has 1 fully saturated rings. The van der Waals surface area contributed by atoms with Crippen LogP contribution in [0.15, 0.2) is 89.5 Å². The van der Waals surface area contributed by atoms with Gasteiger partial charge in [-0.05, 0) is 72.9 Å². The second-order valence-electron chi connectivity index (χ2n) is 14.1. The number of nitrogens with zero attached hydrogens (tertiary/aromatic N) is 5. The minimum absolute atomic E-state index is 0.00166. The lowest BCUT2D eigenvalue weighted by Gasteiger charge is -2.32. The Hall–Kier alpha value is -4.20. The van der Waals surface area contributed by atoms with E-state index in [1.165, 1.54) is 0 Å². The largest absolute Gasteiger partial charge is 0.432 e. The predicted molar refractivity (Wildman–Crippen MR) is 197 cm³/mol. The van der Waals surface area contributed by atoms with Gasteiger partial charge >= 0.3 is 0 Å². The summed E-state index contributed by atoms with van der Waals surface area (Å²) < 4.78 is 9.55. The molecule has 12 heteroatoms. The number of fused-ring (bicyclic) bond motifs is 2. The van der Waals surface area contributed by atoms with Crippen LogP contribution in [0.25, 0.3) is 10.8 Å². The summed E-state index contributed by atoms with van der Waals surface area (Å²) in [5.41, 5.74) is 4.05. The molecule has 2 N–H and O–H groups in total. The second kappa shape index (κ2) is 12.2. The molecule has 8 rings (SSSR count). The van der Waals surface area contributed by atoms with Crippen LogP contribution in [0.4, 0.5) is 17.1 Å². The molecule has 4 atom stereocenters. The number of rotatable bonds is 9. The zero-order valence-corrected chi connectivity index (χ0v) is 30.7. The van der Waals surface area contributed by atoms with Crippen molar-refractivity contribution >= 4 is 63.9 Å². The van der Waals surface area contributed by atoms with E-state index >= 15 is 0 Å². The number of aromatic nitrogens is 3. The molecule has 50 heavy (non-hydrogen) atoms. The molecule has 256 valence electrons. The number of anilines is 3. The zero-order valence-electron chi connectivity index (χ0n) is 28.1. The maximum absolute atomic E-state index is 14.8. The monoisotopic (exact) mass is 751 g/mol. The van der Waals surface area contributed by atoms with Crippen molar-refractivity contribution in [1.29, 1.82) is 0 Å². The van der Waals surface area contributed by atoms with Gasteiger partial charge in [0.05, 0.1) is 35.3 Å². The Morgan fingerprint density at radius 1 is 1.00 bits per heavy atom. The number of aliphatic hydroxyl groups is 1. The van der Waals surface area contributed by atoms with Crippen molar-refractivity contribution in [2.45, 2.75) is 63.2 Å². The molecule has 0 radical (unpaired) electrons. The van der Waals surface area contributed by atoms with E-state index in [-0.39, 0.29) is 36.0 Å². The van der Waals surface area contributed by atoms with Gasteiger partial charge in [0.25, 0.3) is 11.8 Å². The van der Waals surface area contributed by atoms with Crippen molar-refractivity contribution in [3.05, 3.63) is 112 Å². The Bertz CT molecular complexity index is 2140. The van der Waals surface area contributed by atoms with Gasteiger partial charge in [0.1, 0.15) is 0 Å². The molecular formula is C38H38BrN5O5Si. The minimum Gasteiger partial charge on any atom is -0.432 e. The van der Waals surface area contributed by atoms with E-state index in [2.05, 4.69) is 26.2 Å². The fourth-order valence-corrected chi connectivity index (χ4v) is 11.5. The zero-order chi connectivity index (χ0) is 34.9. The maximum Gasteiger partial charge on any atom is 0.264 e.